The van der Waals surface area contributed by atoms with E-state index in [1.807, 2.05) is 65.6 Å². The molecule has 2 bridgehead atoms. The molecular formula is C36H45N3O4S. The van der Waals surface area contributed by atoms with Crippen molar-refractivity contribution in [2.24, 2.45) is 11.8 Å². The minimum atomic E-state index is -0.784. The smallest absolute Gasteiger partial charge is 0.247 e. The summed E-state index contributed by atoms with van der Waals surface area (Å²) in [4.78, 5) is 49.2. The highest BCUT2D eigenvalue weighted by Crippen LogP contribution is 2.67. The van der Waals surface area contributed by atoms with Gasteiger partial charge in [0.15, 0.2) is 0 Å². The minimum absolute atomic E-state index is 0.0470. The molecule has 7 nitrogen and oxygen atoms in total. The van der Waals surface area contributed by atoms with Crippen LogP contribution in [0.25, 0.3) is 0 Å². The third-order valence-corrected chi connectivity index (χ3v) is 11.5. The molecule has 0 saturated carbocycles. The molecule has 3 aliphatic heterocycles. The van der Waals surface area contributed by atoms with Crippen molar-refractivity contribution in [2.45, 2.75) is 67.7 Å². The molecular weight excluding hydrogens is 570 g/mol. The molecule has 1 spiro atoms. The molecule has 3 fully saturated rings. The van der Waals surface area contributed by atoms with Crippen LogP contribution in [0, 0.1) is 11.8 Å². The number of amides is 3. The predicted octanol–water partition coefficient (Wildman–Crippen LogP) is 5.23. The van der Waals surface area contributed by atoms with E-state index in [0.717, 1.165) is 36.8 Å². The zero-order valence-electron chi connectivity index (χ0n) is 25.7. The summed E-state index contributed by atoms with van der Waals surface area (Å²) in [6.07, 6.45) is 7.81. The summed E-state index contributed by atoms with van der Waals surface area (Å²) in [5, 5.41) is 10.7. The average molecular weight is 616 g/mol. The zero-order valence-corrected chi connectivity index (χ0v) is 26.5. The van der Waals surface area contributed by atoms with E-state index in [1.165, 1.54) is 0 Å². The molecule has 0 radical (unpaired) electrons. The molecule has 3 heterocycles. The van der Waals surface area contributed by atoms with Crippen LogP contribution < -0.4 is 0 Å². The number of likely N-dealkylation sites (tertiary alicyclic amines) is 1. The van der Waals surface area contributed by atoms with Crippen LogP contribution in [-0.2, 0) is 20.9 Å². The van der Waals surface area contributed by atoms with Crippen LogP contribution in [0.4, 0.5) is 0 Å². The van der Waals surface area contributed by atoms with Crippen molar-refractivity contribution in [1.29, 1.82) is 0 Å². The van der Waals surface area contributed by atoms with Crippen molar-refractivity contribution in [3.05, 3.63) is 97.1 Å². The lowest BCUT2D eigenvalue weighted by Gasteiger charge is -2.40. The van der Waals surface area contributed by atoms with Gasteiger partial charge in [-0.05, 0) is 30.4 Å². The van der Waals surface area contributed by atoms with Crippen molar-refractivity contribution < 1.29 is 19.5 Å². The predicted molar refractivity (Wildman–Crippen MR) is 176 cm³/mol. The first-order valence-corrected chi connectivity index (χ1v) is 16.8. The van der Waals surface area contributed by atoms with Crippen LogP contribution in [0.15, 0.2) is 86.0 Å². The first-order valence-electron chi connectivity index (χ1n) is 15.9. The first-order chi connectivity index (χ1) is 21.4. The van der Waals surface area contributed by atoms with Crippen LogP contribution >= 0.6 is 11.8 Å². The largest absolute Gasteiger partial charge is 0.394 e. The van der Waals surface area contributed by atoms with Crippen LogP contribution in [0.1, 0.15) is 56.2 Å². The number of rotatable bonds is 15. The number of aliphatic hydroxyl groups excluding tert-OH is 1. The van der Waals surface area contributed by atoms with E-state index in [-0.39, 0.29) is 29.6 Å². The molecule has 1 N–H and O–H groups in total. The summed E-state index contributed by atoms with van der Waals surface area (Å²) in [7, 11) is 0. The second kappa shape index (κ2) is 14.2. The minimum Gasteiger partial charge on any atom is -0.394 e. The number of carbonyl (C=O) groups is 3. The molecule has 5 rings (SSSR count). The van der Waals surface area contributed by atoms with Gasteiger partial charge in [-0.25, -0.2) is 0 Å². The topological polar surface area (TPSA) is 81.2 Å². The van der Waals surface area contributed by atoms with Gasteiger partial charge < -0.3 is 19.8 Å². The van der Waals surface area contributed by atoms with E-state index in [2.05, 4.69) is 20.1 Å². The van der Waals surface area contributed by atoms with Gasteiger partial charge in [0.1, 0.15) is 6.04 Å². The summed E-state index contributed by atoms with van der Waals surface area (Å²) in [6, 6.07) is 17.8. The van der Waals surface area contributed by atoms with E-state index in [4.69, 9.17) is 0 Å². The van der Waals surface area contributed by atoms with Crippen molar-refractivity contribution in [2.75, 3.05) is 26.2 Å². The van der Waals surface area contributed by atoms with E-state index in [0.29, 0.717) is 32.6 Å². The molecule has 3 saturated heterocycles. The summed E-state index contributed by atoms with van der Waals surface area (Å²) < 4.78 is -0.738. The fraction of sp³-hybridized carbons (Fsp3) is 0.472. The fourth-order valence-corrected chi connectivity index (χ4v) is 9.79. The third-order valence-electron chi connectivity index (χ3n) is 9.52. The number of aliphatic hydroxyl groups is 1. The molecule has 6 atom stereocenters. The van der Waals surface area contributed by atoms with Gasteiger partial charge in [-0.2, -0.15) is 0 Å². The van der Waals surface area contributed by atoms with Crippen LogP contribution in [0.5, 0.6) is 0 Å². The molecule has 44 heavy (non-hydrogen) atoms. The van der Waals surface area contributed by atoms with Gasteiger partial charge in [-0.15, -0.1) is 24.9 Å². The van der Waals surface area contributed by atoms with Crippen molar-refractivity contribution >= 4 is 29.5 Å². The number of thioether (sulfide) groups is 1. The monoisotopic (exact) mass is 615 g/mol. The highest BCUT2D eigenvalue weighted by atomic mass is 32.2. The van der Waals surface area contributed by atoms with Crippen LogP contribution in [0.3, 0.4) is 0 Å². The lowest BCUT2D eigenvalue weighted by molar-refractivity contribution is -0.147. The van der Waals surface area contributed by atoms with Gasteiger partial charge in [0.25, 0.3) is 0 Å². The molecule has 2 aromatic carbocycles. The Hall–Kier alpha value is -3.36. The number of unbranched alkanes of at least 4 members (excludes halogenated alkanes) is 2. The van der Waals surface area contributed by atoms with Crippen LogP contribution in [-0.4, -0.2) is 79.8 Å². The van der Waals surface area contributed by atoms with Crippen molar-refractivity contribution in [1.82, 2.24) is 14.7 Å². The van der Waals surface area contributed by atoms with Gasteiger partial charge >= 0.3 is 0 Å². The Morgan fingerprint density at radius 3 is 2.32 bits per heavy atom. The van der Waals surface area contributed by atoms with E-state index in [1.54, 1.807) is 33.7 Å². The van der Waals surface area contributed by atoms with E-state index < -0.39 is 28.7 Å². The summed E-state index contributed by atoms with van der Waals surface area (Å²) >= 11 is 1.67. The Bertz CT molecular complexity index is 1340. The zero-order chi connectivity index (χ0) is 31.3. The molecule has 234 valence electrons. The second-order valence-electron chi connectivity index (χ2n) is 12.2. The number of fused-ring (bicyclic) bond motifs is 1. The van der Waals surface area contributed by atoms with Crippen molar-refractivity contribution in [3.8, 4) is 0 Å². The quantitative estimate of drug-likeness (QED) is 0.219. The Morgan fingerprint density at radius 2 is 1.68 bits per heavy atom. The van der Waals surface area contributed by atoms with E-state index in [9.17, 15) is 19.5 Å². The molecule has 2 aromatic rings. The summed E-state index contributed by atoms with van der Waals surface area (Å²) in [5.74, 6) is -1.57. The number of hydrogen-bond donors (Lipinski definition) is 1. The number of nitrogens with zero attached hydrogens (tertiary/aromatic N) is 3. The van der Waals surface area contributed by atoms with Gasteiger partial charge in [-0.1, -0.05) is 92.6 Å². The molecule has 0 aromatic heterocycles. The molecule has 3 amide bonds. The van der Waals surface area contributed by atoms with Crippen LogP contribution in [0.2, 0.25) is 0 Å². The summed E-state index contributed by atoms with van der Waals surface area (Å²) in [6.45, 7) is 11.4. The Morgan fingerprint density at radius 1 is 1.02 bits per heavy atom. The molecule has 8 heteroatoms. The lowest BCUT2D eigenvalue weighted by atomic mass is 9.70. The standard InChI is InChI=1S/C36H45N3O4S/c1-4-7-14-23-37(21-5-2)35(43)32-36-20-19-29(44-36)30(33(41)38(22-6-3)24-26-15-10-8-11-16-26)31(36)34(42)39(32)28(25-40)27-17-12-9-13-18-27/h5-6,8-13,15-18,28-32,40H,2-4,7,14,19-25H2,1H3/t28-,29-,30+,31+,32?,36?/m1/s1. The van der Waals surface area contributed by atoms with Crippen molar-refractivity contribution in [3.63, 3.8) is 0 Å². The fourth-order valence-electron chi connectivity index (χ4n) is 7.59. The Balaban J connectivity index is 1.55. The molecule has 0 aliphatic carbocycles. The summed E-state index contributed by atoms with van der Waals surface area (Å²) in [5.41, 5.74) is 1.79. The first kappa shape index (κ1) is 32.0. The average Bonchev–Trinajstić information content (AvgIpc) is 3.69. The Labute approximate surface area is 266 Å². The lowest BCUT2D eigenvalue weighted by Crippen LogP contribution is -2.56. The van der Waals surface area contributed by atoms with Gasteiger partial charge in [-0.3, -0.25) is 14.4 Å². The number of hydrogen-bond acceptors (Lipinski definition) is 5. The highest BCUT2D eigenvalue weighted by molar-refractivity contribution is 8.02. The SMILES string of the molecule is C=CCN(CCCCC)C(=O)C1N([C@H](CO)c2ccccc2)C(=O)[C@@H]2[C@@H](C(=O)N(CC=C)Cc3ccccc3)[C@H]3CCC12S3. The highest BCUT2D eigenvalue weighted by Gasteiger charge is 2.74. The van der Waals surface area contributed by atoms with E-state index >= 15 is 0 Å². The maximum absolute atomic E-state index is 14.8. The molecule has 2 unspecified atom stereocenters. The molecule has 3 aliphatic rings. The van der Waals surface area contributed by atoms with Gasteiger partial charge in [0, 0.05) is 31.4 Å². The number of carbonyl (C=O) groups excluding carboxylic acids is 3. The van der Waals surface area contributed by atoms with Gasteiger partial charge in [0.2, 0.25) is 17.7 Å². The maximum atomic E-state index is 14.8. The Kier molecular flexibility index (Phi) is 10.3. The maximum Gasteiger partial charge on any atom is 0.247 e. The normalized spacial score (nSPS) is 25.9. The third kappa shape index (κ3) is 5.86. The van der Waals surface area contributed by atoms with Gasteiger partial charge in [0.05, 0.1) is 29.2 Å². The number of benzene rings is 2. The second-order valence-corrected chi connectivity index (χ2v) is 13.8.